The standard InChI is InChI=1S/C18H22F3N3O2.C3H8.C2H6/c1-3-5-13-12(6-4-9-26-2)16(23-24-17(13)22)14-8-7-11(10-15(14)25)18(19,20)21;1-3-2;1-2/h7-8,10,25H,3-6,9H2,1-2H3,(H2,22,24);3H2,1-2H3;1-2H3. The molecule has 0 saturated heterocycles. The molecule has 1 aromatic heterocycles. The Morgan fingerprint density at radius 1 is 1.03 bits per heavy atom. The molecule has 0 atom stereocenters. The van der Waals surface area contributed by atoms with Crippen molar-refractivity contribution in [2.24, 2.45) is 0 Å². The maximum absolute atomic E-state index is 12.8. The number of aromatic nitrogens is 2. The summed E-state index contributed by atoms with van der Waals surface area (Å²) in [7, 11) is 1.59. The number of nitrogens with two attached hydrogens (primary N) is 1. The third kappa shape index (κ3) is 8.73. The fourth-order valence-electron chi connectivity index (χ4n) is 2.84. The number of alkyl halides is 3. The first-order valence-corrected chi connectivity index (χ1v) is 10.7. The lowest BCUT2D eigenvalue weighted by molar-refractivity contribution is -0.137. The van der Waals surface area contributed by atoms with Crippen LogP contribution in [0.25, 0.3) is 11.3 Å². The van der Waals surface area contributed by atoms with Crippen LogP contribution >= 0.6 is 0 Å². The monoisotopic (exact) mass is 443 g/mol. The molecule has 8 heteroatoms. The zero-order valence-electron chi connectivity index (χ0n) is 19.4. The molecule has 0 radical (unpaired) electrons. The Morgan fingerprint density at radius 3 is 2.13 bits per heavy atom. The predicted octanol–water partition coefficient (Wildman–Crippen LogP) is 6.42. The van der Waals surface area contributed by atoms with Gasteiger partial charge in [-0.3, -0.25) is 0 Å². The van der Waals surface area contributed by atoms with E-state index in [2.05, 4.69) is 24.0 Å². The number of ether oxygens (including phenoxy) is 1. The zero-order valence-corrected chi connectivity index (χ0v) is 19.4. The van der Waals surface area contributed by atoms with Crippen molar-refractivity contribution in [2.45, 2.75) is 72.9 Å². The molecule has 31 heavy (non-hydrogen) atoms. The van der Waals surface area contributed by atoms with Crippen LogP contribution in [-0.4, -0.2) is 29.0 Å². The molecule has 3 N–H and O–H groups in total. The van der Waals surface area contributed by atoms with Crippen LogP contribution in [0.1, 0.15) is 70.6 Å². The highest BCUT2D eigenvalue weighted by atomic mass is 19.4. The van der Waals surface area contributed by atoms with Gasteiger partial charge >= 0.3 is 6.18 Å². The van der Waals surface area contributed by atoms with Gasteiger partial charge in [-0.25, -0.2) is 0 Å². The zero-order chi connectivity index (χ0) is 24.0. The van der Waals surface area contributed by atoms with Gasteiger partial charge in [-0.05, 0) is 43.0 Å². The first-order valence-electron chi connectivity index (χ1n) is 10.7. The van der Waals surface area contributed by atoms with E-state index < -0.39 is 17.5 Å². The van der Waals surface area contributed by atoms with Gasteiger partial charge in [0.1, 0.15) is 17.3 Å². The van der Waals surface area contributed by atoms with Crippen LogP contribution in [0, 0.1) is 0 Å². The average molecular weight is 444 g/mol. The van der Waals surface area contributed by atoms with E-state index in [9.17, 15) is 18.3 Å². The lowest BCUT2D eigenvalue weighted by Crippen LogP contribution is -2.09. The van der Waals surface area contributed by atoms with Gasteiger partial charge < -0.3 is 15.6 Å². The number of halogens is 3. The van der Waals surface area contributed by atoms with E-state index in [1.54, 1.807) is 7.11 Å². The van der Waals surface area contributed by atoms with E-state index in [1.165, 1.54) is 12.5 Å². The van der Waals surface area contributed by atoms with Gasteiger partial charge in [0.25, 0.3) is 0 Å². The van der Waals surface area contributed by atoms with E-state index in [0.29, 0.717) is 43.4 Å². The molecule has 176 valence electrons. The summed E-state index contributed by atoms with van der Waals surface area (Å²) in [5.74, 6) is -0.191. The van der Waals surface area contributed by atoms with Crippen molar-refractivity contribution in [1.29, 1.82) is 0 Å². The van der Waals surface area contributed by atoms with Crippen LogP contribution in [0.5, 0.6) is 5.75 Å². The average Bonchev–Trinajstić information content (AvgIpc) is 2.72. The summed E-state index contributed by atoms with van der Waals surface area (Å²) in [5, 5.41) is 18.2. The largest absolute Gasteiger partial charge is 0.507 e. The molecule has 0 aliphatic rings. The Balaban J connectivity index is 0.00000165. The molecule has 1 heterocycles. The molecule has 2 rings (SSSR count). The number of phenolic OH excluding ortho intramolecular Hbond substituents is 1. The third-order valence-electron chi connectivity index (χ3n) is 4.07. The topological polar surface area (TPSA) is 81.3 Å². The van der Waals surface area contributed by atoms with Crippen LogP contribution in [0.4, 0.5) is 19.0 Å². The summed E-state index contributed by atoms with van der Waals surface area (Å²) in [6, 6.07) is 2.84. The van der Waals surface area contributed by atoms with E-state index >= 15 is 0 Å². The SMILES string of the molecule is CC.CCC.CCCc1c(N)nnc(-c2ccc(C(F)(F)F)cc2O)c1CCCOC. The second-order valence-electron chi connectivity index (χ2n) is 6.67. The molecule has 0 amide bonds. The van der Waals surface area contributed by atoms with Crippen LogP contribution in [0.2, 0.25) is 0 Å². The number of hydrogen-bond acceptors (Lipinski definition) is 5. The lowest BCUT2D eigenvalue weighted by atomic mass is 9.94. The molecule has 0 fully saturated rings. The molecule has 0 saturated carbocycles. The minimum Gasteiger partial charge on any atom is -0.507 e. The third-order valence-corrected chi connectivity index (χ3v) is 4.07. The number of nitrogen functional groups attached to an aromatic ring is 1. The molecule has 0 aliphatic carbocycles. The van der Waals surface area contributed by atoms with Gasteiger partial charge in [-0.2, -0.15) is 13.2 Å². The Morgan fingerprint density at radius 2 is 1.65 bits per heavy atom. The van der Waals surface area contributed by atoms with Crippen molar-refractivity contribution in [3.63, 3.8) is 0 Å². The van der Waals surface area contributed by atoms with Gasteiger partial charge in [0.15, 0.2) is 0 Å². The number of methoxy groups -OCH3 is 1. The molecular formula is C23H36F3N3O2. The first kappa shape index (κ1) is 28.6. The molecule has 0 aliphatic heterocycles. The Bertz CT molecular complexity index is 781. The summed E-state index contributed by atoms with van der Waals surface area (Å²) in [4.78, 5) is 0. The lowest BCUT2D eigenvalue weighted by Gasteiger charge is -2.16. The maximum Gasteiger partial charge on any atom is 0.416 e. The highest BCUT2D eigenvalue weighted by Crippen LogP contribution is 2.38. The van der Waals surface area contributed by atoms with E-state index in [1.807, 2.05) is 20.8 Å². The Kier molecular flexibility index (Phi) is 13.5. The Labute approximate surface area is 183 Å². The molecule has 5 nitrogen and oxygen atoms in total. The van der Waals surface area contributed by atoms with Crippen molar-refractivity contribution in [2.75, 3.05) is 19.5 Å². The summed E-state index contributed by atoms with van der Waals surface area (Å²) in [5.41, 5.74) is 7.19. The van der Waals surface area contributed by atoms with Crippen LogP contribution in [0.3, 0.4) is 0 Å². The minimum absolute atomic E-state index is 0.204. The van der Waals surface area contributed by atoms with Crippen molar-refractivity contribution >= 4 is 5.82 Å². The smallest absolute Gasteiger partial charge is 0.416 e. The van der Waals surface area contributed by atoms with Gasteiger partial charge in [0.2, 0.25) is 0 Å². The number of aromatic hydroxyl groups is 1. The van der Waals surface area contributed by atoms with Crippen molar-refractivity contribution < 1.29 is 23.0 Å². The van der Waals surface area contributed by atoms with Crippen LogP contribution in [-0.2, 0) is 23.8 Å². The van der Waals surface area contributed by atoms with Gasteiger partial charge in [-0.15, -0.1) is 10.2 Å². The summed E-state index contributed by atoms with van der Waals surface area (Å²) in [6.45, 7) is 10.8. The quantitative estimate of drug-likeness (QED) is 0.482. The van der Waals surface area contributed by atoms with Gasteiger partial charge in [0.05, 0.1) is 5.56 Å². The number of nitrogens with zero attached hydrogens (tertiary/aromatic N) is 2. The summed E-state index contributed by atoms with van der Waals surface area (Å²) >= 11 is 0. The van der Waals surface area contributed by atoms with Crippen molar-refractivity contribution in [3.05, 3.63) is 34.9 Å². The molecule has 0 bridgehead atoms. The fourth-order valence-corrected chi connectivity index (χ4v) is 2.84. The van der Waals surface area contributed by atoms with Crippen molar-refractivity contribution in [1.82, 2.24) is 10.2 Å². The number of anilines is 1. The van der Waals surface area contributed by atoms with Crippen LogP contribution in [0.15, 0.2) is 18.2 Å². The summed E-state index contributed by atoms with van der Waals surface area (Å²) < 4.78 is 43.6. The van der Waals surface area contributed by atoms with E-state index in [-0.39, 0.29) is 5.56 Å². The number of phenols is 1. The second-order valence-corrected chi connectivity index (χ2v) is 6.67. The second kappa shape index (κ2) is 14.6. The molecule has 0 unspecified atom stereocenters. The number of hydrogen-bond donors (Lipinski definition) is 2. The number of rotatable bonds is 7. The number of benzene rings is 1. The molecule has 1 aromatic carbocycles. The normalized spacial score (nSPS) is 10.6. The molecular weight excluding hydrogens is 407 g/mol. The molecule has 2 aromatic rings. The van der Waals surface area contributed by atoms with Crippen molar-refractivity contribution in [3.8, 4) is 17.0 Å². The first-order chi connectivity index (χ1) is 14.7. The van der Waals surface area contributed by atoms with E-state index in [0.717, 1.165) is 23.6 Å². The Hall–Kier alpha value is -2.35. The van der Waals surface area contributed by atoms with Gasteiger partial charge in [-0.1, -0.05) is 47.5 Å². The molecule has 0 spiro atoms. The maximum atomic E-state index is 12.8. The minimum atomic E-state index is -4.53. The fraction of sp³-hybridized carbons (Fsp3) is 0.565. The predicted molar refractivity (Wildman–Crippen MR) is 120 cm³/mol. The highest BCUT2D eigenvalue weighted by molar-refractivity contribution is 5.72. The van der Waals surface area contributed by atoms with Crippen LogP contribution < -0.4 is 5.73 Å². The van der Waals surface area contributed by atoms with E-state index in [4.69, 9.17) is 10.5 Å². The van der Waals surface area contributed by atoms with Gasteiger partial charge in [0, 0.05) is 24.8 Å². The highest BCUT2D eigenvalue weighted by Gasteiger charge is 2.31. The summed E-state index contributed by atoms with van der Waals surface area (Å²) in [6.07, 6.45) is -0.535.